The van der Waals surface area contributed by atoms with Crippen LogP contribution in [-0.2, 0) is 9.53 Å². The zero-order chi connectivity index (χ0) is 17.1. The number of hydrogen-bond donors (Lipinski definition) is 4. The molecule has 0 aromatic rings. The molecule has 23 heavy (non-hydrogen) atoms. The molecule has 134 valence electrons. The smallest absolute Gasteiger partial charge is 0.138 e. The van der Waals surface area contributed by atoms with Crippen molar-refractivity contribution in [2.45, 2.75) is 76.5 Å². The van der Waals surface area contributed by atoms with Crippen LogP contribution in [0, 0.1) is 17.8 Å². The van der Waals surface area contributed by atoms with Gasteiger partial charge in [-0.15, -0.1) is 0 Å². The first-order valence-corrected chi connectivity index (χ1v) is 8.77. The SMILES string of the molecule is CCCC1CC(=O)C(C2OC(CO)C(O)C(O)C2O)CC1CC. The van der Waals surface area contributed by atoms with Crippen molar-refractivity contribution in [1.29, 1.82) is 0 Å². The molecule has 4 N–H and O–H groups in total. The molecule has 8 unspecified atom stereocenters. The van der Waals surface area contributed by atoms with Gasteiger partial charge in [0.1, 0.15) is 30.2 Å². The molecule has 0 aromatic heterocycles. The molecule has 1 saturated carbocycles. The summed E-state index contributed by atoms with van der Waals surface area (Å²) in [6, 6.07) is 0. The lowest BCUT2D eigenvalue weighted by Gasteiger charge is -2.45. The van der Waals surface area contributed by atoms with Crippen molar-refractivity contribution in [2.24, 2.45) is 17.8 Å². The lowest BCUT2D eigenvalue weighted by atomic mass is 9.67. The van der Waals surface area contributed by atoms with Gasteiger partial charge in [0.25, 0.3) is 0 Å². The lowest BCUT2D eigenvalue weighted by molar-refractivity contribution is -0.242. The second-order valence-electron chi connectivity index (χ2n) is 7.02. The molecular weight excluding hydrogens is 300 g/mol. The highest BCUT2D eigenvalue weighted by atomic mass is 16.5. The Morgan fingerprint density at radius 2 is 1.78 bits per heavy atom. The van der Waals surface area contributed by atoms with Gasteiger partial charge in [-0.1, -0.05) is 33.1 Å². The minimum Gasteiger partial charge on any atom is -0.394 e. The maximum Gasteiger partial charge on any atom is 0.138 e. The zero-order valence-electron chi connectivity index (χ0n) is 14.0. The molecule has 2 rings (SSSR count). The number of ether oxygens (including phenoxy) is 1. The Morgan fingerprint density at radius 1 is 1.09 bits per heavy atom. The van der Waals surface area contributed by atoms with Crippen LogP contribution in [0.5, 0.6) is 0 Å². The average Bonchev–Trinajstić information content (AvgIpc) is 2.54. The van der Waals surface area contributed by atoms with E-state index in [9.17, 15) is 25.2 Å². The Kier molecular flexibility index (Phi) is 6.57. The first-order chi connectivity index (χ1) is 10.9. The van der Waals surface area contributed by atoms with Crippen LogP contribution >= 0.6 is 0 Å². The number of rotatable bonds is 5. The van der Waals surface area contributed by atoms with E-state index in [1.165, 1.54) is 0 Å². The summed E-state index contributed by atoms with van der Waals surface area (Å²) in [6.07, 6.45) is -1.78. The Hall–Kier alpha value is -0.530. The summed E-state index contributed by atoms with van der Waals surface area (Å²) in [6.45, 7) is 3.76. The van der Waals surface area contributed by atoms with Crippen LogP contribution in [0.2, 0.25) is 0 Å². The molecular formula is C17H30O6. The monoisotopic (exact) mass is 330 g/mol. The first kappa shape index (κ1) is 18.8. The quantitative estimate of drug-likeness (QED) is 0.576. The van der Waals surface area contributed by atoms with Gasteiger partial charge < -0.3 is 25.2 Å². The van der Waals surface area contributed by atoms with Gasteiger partial charge in [0, 0.05) is 12.3 Å². The summed E-state index contributed by atoms with van der Waals surface area (Å²) in [5.74, 6) is 0.334. The first-order valence-electron chi connectivity index (χ1n) is 8.77. The number of aliphatic hydroxyl groups excluding tert-OH is 4. The van der Waals surface area contributed by atoms with Gasteiger partial charge in [0.15, 0.2) is 0 Å². The van der Waals surface area contributed by atoms with Gasteiger partial charge in [-0.3, -0.25) is 4.79 Å². The summed E-state index contributed by atoms with van der Waals surface area (Å²) < 4.78 is 5.60. The van der Waals surface area contributed by atoms with Crippen LogP contribution < -0.4 is 0 Å². The van der Waals surface area contributed by atoms with E-state index in [1.54, 1.807) is 0 Å². The van der Waals surface area contributed by atoms with Crippen molar-refractivity contribution < 1.29 is 30.0 Å². The topological polar surface area (TPSA) is 107 Å². The number of carbonyl (C=O) groups excluding carboxylic acids is 1. The third-order valence-corrected chi connectivity index (χ3v) is 5.61. The van der Waals surface area contributed by atoms with Gasteiger partial charge >= 0.3 is 0 Å². The highest BCUT2D eigenvalue weighted by Gasteiger charge is 2.50. The Balaban J connectivity index is 2.14. The second-order valence-corrected chi connectivity index (χ2v) is 7.02. The number of hydrogen-bond acceptors (Lipinski definition) is 6. The van der Waals surface area contributed by atoms with E-state index in [0.717, 1.165) is 19.3 Å². The van der Waals surface area contributed by atoms with Gasteiger partial charge in [0.05, 0.1) is 12.7 Å². The van der Waals surface area contributed by atoms with Crippen molar-refractivity contribution in [3.05, 3.63) is 0 Å². The van der Waals surface area contributed by atoms with Crippen molar-refractivity contribution in [2.75, 3.05) is 6.61 Å². The van der Waals surface area contributed by atoms with Crippen molar-refractivity contribution in [3.63, 3.8) is 0 Å². The van der Waals surface area contributed by atoms with E-state index in [1.807, 2.05) is 0 Å². The minimum atomic E-state index is -1.41. The lowest BCUT2D eigenvalue weighted by Crippen LogP contribution is -2.61. The maximum atomic E-state index is 12.6. The Morgan fingerprint density at radius 3 is 2.35 bits per heavy atom. The third-order valence-electron chi connectivity index (χ3n) is 5.61. The summed E-state index contributed by atoms with van der Waals surface area (Å²) in [5.41, 5.74) is 0. The molecule has 8 atom stereocenters. The third kappa shape index (κ3) is 3.77. The number of aliphatic hydroxyl groups is 4. The highest BCUT2D eigenvalue weighted by Crippen LogP contribution is 2.40. The van der Waals surface area contributed by atoms with Crippen LogP contribution in [-0.4, -0.2) is 63.3 Å². The fraction of sp³-hybridized carbons (Fsp3) is 0.941. The van der Waals surface area contributed by atoms with Crippen LogP contribution in [0.4, 0.5) is 0 Å². The molecule has 0 amide bonds. The van der Waals surface area contributed by atoms with Crippen LogP contribution in [0.1, 0.15) is 46.0 Å². The fourth-order valence-corrected chi connectivity index (χ4v) is 4.22. The molecule has 6 nitrogen and oxygen atoms in total. The normalized spacial score (nSPS) is 45.2. The molecule has 1 aliphatic heterocycles. The van der Waals surface area contributed by atoms with Gasteiger partial charge in [0.2, 0.25) is 0 Å². The summed E-state index contributed by atoms with van der Waals surface area (Å²) in [4.78, 5) is 12.6. The van der Waals surface area contributed by atoms with E-state index in [-0.39, 0.29) is 5.78 Å². The molecule has 1 aliphatic carbocycles. The fourth-order valence-electron chi connectivity index (χ4n) is 4.22. The number of carbonyl (C=O) groups is 1. The summed E-state index contributed by atoms with van der Waals surface area (Å²) in [7, 11) is 0. The van der Waals surface area contributed by atoms with Crippen molar-refractivity contribution in [1.82, 2.24) is 0 Å². The number of ketones is 1. The van der Waals surface area contributed by atoms with E-state index < -0.39 is 43.0 Å². The summed E-state index contributed by atoms with van der Waals surface area (Å²) in [5, 5.41) is 39.4. The second kappa shape index (κ2) is 8.03. The molecule has 0 radical (unpaired) electrons. The van der Waals surface area contributed by atoms with E-state index in [4.69, 9.17) is 4.74 Å². The predicted molar refractivity (Wildman–Crippen MR) is 83.7 cm³/mol. The van der Waals surface area contributed by atoms with E-state index in [2.05, 4.69) is 13.8 Å². The zero-order valence-corrected chi connectivity index (χ0v) is 14.0. The molecule has 1 heterocycles. The van der Waals surface area contributed by atoms with Gasteiger partial charge in [-0.05, 0) is 18.3 Å². The highest BCUT2D eigenvalue weighted by molar-refractivity contribution is 5.82. The molecule has 0 spiro atoms. The maximum absolute atomic E-state index is 12.6. The Labute approximate surface area is 137 Å². The predicted octanol–water partition coefficient (Wildman–Crippen LogP) is 0.250. The van der Waals surface area contributed by atoms with E-state index >= 15 is 0 Å². The van der Waals surface area contributed by atoms with Crippen LogP contribution in [0.3, 0.4) is 0 Å². The summed E-state index contributed by atoms with van der Waals surface area (Å²) >= 11 is 0. The standard InChI is InChI=1S/C17H30O6/c1-3-5-10-7-12(19)11(6-9(10)4-2)17-16(22)15(21)14(20)13(8-18)23-17/h9-11,13-18,20-22H,3-8H2,1-2H3. The average molecular weight is 330 g/mol. The molecule has 0 aromatic carbocycles. The molecule has 6 heteroatoms. The van der Waals surface area contributed by atoms with Gasteiger partial charge in [-0.25, -0.2) is 0 Å². The molecule has 0 bridgehead atoms. The van der Waals surface area contributed by atoms with Crippen LogP contribution in [0.15, 0.2) is 0 Å². The van der Waals surface area contributed by atoms with Crippen molar-refractivity contribution >= 4 is 5.78 Å². The largest absolute Gasteiger partial charge is 0.394 e. The molecule has 2 aliphatic rings. The molecule has 2 fully saturated rings. The minimum absolute atomic E-state index is 0.0532. The molecule has 1 saturated heterocycles. The van der Waals surface area contributed by atoms with Gasteiger partial charge in [-0.2, -0.15) is 0 Å². The van der Waals surface area contributed by atoms with Crippen molar-refractivity contribution in [3.8, 4) is 0 Å². The van der Waals surface area contributed by atoms with E-state index in [0.29, 0.717) is 24.7 Å². The van der Waals surface area contributed by atoms with Crippen LogP contribution in [0.25, 0.3) is 0 Å². The number of Topliss-reactive ketones (excluding diaryl/α,β-unsaturated/α-hetero) is 1. The Bertz CT molecular complexity index is 399.